The Morgan fingerprint density at radius 3 is 2.38 bits per heavy atom. The molecule has 0 atom stereocenters. The summed E-state index contributed by atoms with van der Waals surface area (Å²) >= 11 is 5.24. The lowest BCUT2D eigenvalue weighted by Crippen LogP contribution is -2.34. The van der Waals surface area contributed by atoms with Gasteiger partial charge >= 0.3 is 0 Å². The van der Waals surface area contributed by atoms with Gasteiger partial charge in [-0.2, -0.15) is 0 Å². The Bertz CT molecular complexity index is 837. The van der Waals surface area contributed by atoms with Gasteiger partial charge in [0, 0.05) is 17.8 Å². The molecular weight excluding hydrogens is 386 g/mol. The Morgan fingerprint density at radius 1 is 0.966 bits per heavy atom. The summed E-state index contributed by atoms with van der Waals surface area (Å²) in [6.45, 7) is 5.13. The third kappa shape index (κ3) is 7.19. The fourth-order valence-electron chi connectivity index (χ4n) is 2.61. The van der Waals surface area contributed by atoms with Crippen molar-refractivity contribution in [3.8, 4) is 5.75 Å². The van der Waals surface area contributed by atoms with E-state index in [-0.39, 0.29) is 16.9 Å². The normalized spacial score (nSPS) is 10.1. The maximum atomic E-state index is 12.6. The highest BCUT2D eigenvalue weighted by atomic mass is 32.1. The number of carbonyl (C=O) groups excluding carboxylic acids is 2. The molecule has 2 aromatic carbocycles. The minimum Gasteiger partial charge on any atom is -0.493 e. The number of anilines is 1. The maximum absolute atomic E-state index is 12.6. The summed E-state index contributed by atoms with van der Waals surface area (Å²) in [7, 11) is 0. The van der Waals surface area contributed by atoms with Crippen molar-refractivity contribution in [1.82, 2.24) is 10.6 Å². The van der Waals surface area contributed by atoms with Gasteiger partial charge in [-0.05, 0) is 62.0 Å². The van der Waals surface area contributed by atoms with Gasteiger partial charge in [-0.1, -0.05) is 31.9 Å². The Labute approximate surface area is 177 Å². The van der Waals surface area contributed by atoms with Gasteiger partial charge in [-0.25, -0.2) is 0 Å². The Morgan fingerprint density at radius 2 is 1.69 bits per heavy atom. The van der Waals surface area contributed by atoms with Crippen molar-refractivity contribution in [1.29, 1.82) is 0 Å². The molecular formula is C22H27N3O3S. The van der Waals surface area contributed by atoms with Crippen LogP contribution < -0.4 is 20.7 Å². The first-order valence-electron chi connectivity index (χ1n) is 9.77. The van der Waals surface area contributed by atoms with Crippen molar-refractivity contribution in [2.24, 2.45) is 0 Å². The number of benzene rings is 2. The minimum absolute atomic E-state index is 0.134. The largest absolute Gasteiger partial charge is 0.493 e. The summed E-state index contributed by atoms with van der Waals surface area (Å²) < 4.78 is 5.75. The third-order valence-corrected chi connectivity index (χ3v) is 4.31. The molecule has 0 saturated carbocycles. The average molecular weight is 414 g/mol. The van der Waals surface area contributed by atoms with Crippen LogP contribution in [-0.2, 0) is 0 Å². The smallest absolute Gasteiger partial charge is 0.261 e. The number of carbonyl (C=O) groups is 2. The van der Waals surface area contributed by atoms with Crippen molar-refractivity contribution in [3.63, 3.8) is 0 Å². The van der Waals surface area contributed by atoms with Gasteiger partial charge in [0.15, 0.2) is 5.11 Å². The lowest BCUT2D eigenvalue weighted by atomic mass is 10.2. The van der Waals surface area contributed by atoms with Crippen LogP contribution in [0.3, 0.4) is 0 Å². The van der Waals surface area contributed by atoms with Gasteiger partial charge in [-0.3, -0.25) is 14.9 Å². The van der Waals surface area contributed by atoms with E-state index in [1.165, 1.54) is 0 Å². The van der Waals surface area contributed by atoms with Gasteiger partial charge in [0.2, 0.25) is 0 Å². The average Bonchev–Trinajstić information content (AvgIpc) is 2.72. The molecule has 2 rings (SSSR count). The molecule has 0 aliphatic heterocycles. The molecule has 0 bridgehead atoms. The van der Waals surface area contributed by atoms with E-state index in [1.54, 1.807) is 42.5 Å². The van der Waals surface area contributed by atoms with E-state index in [2.05, 4.69) is 22.9 Å². The van der Waals surface area contributed by atoms with Crippen LogP contribution in [0.1, 0.15) is 53.8 Å². The lowest BCUT2D eigenvalue weighted by Gasteiger charge is -2.13. The second-order valence-corrected chi connectivity index (χ2v) is 6.81. The molecule has 0 heterocycles. The van der Waals surface area contributed by atoms with Crippen molar-refractivity contribution in [2.75, 3.05) is 18.5 Å². The highest BCUT2D eigenvalue weighted by Crippen LogP contribution is 2.18. The molecule has 2 amide bonds. The predicted octanol–water partition coefficient (Wildman–Crippen LogP) is 4.13. The molecule has 154 valence electrons. The lowest BCUT2D eigenvalue weighted by molar-refractivity contribution is 0.0952. The highest BCUT2D eigenvalue weighted by Gasteiger charge is 2.14. The zero-order chi connectivity index (χ0) is 21.1. The first kappa shape index (κ1) is 22.4. The molecule has 2 aromatic rings. The fourth-order valence-corrected chi connectivity index (χ4v) is 2.83. The number of thiocarbonyl (C=S) groups is 1. The maximum Gasteiger partial charge on any atom is 0.261 e. The zero-order valence-corrected chi connectivity index (χ0v) is 17.6. The van der Waals surface area contributed by atoms with Crippen molar-refractivity contribution in [3.05, 3.63) is 59.7 Å². The number of nitrogens with one attached hydrogen (secondary N) is 3. The monoisotopic (exact) mass is 413 g/mol. The SMILES string of the molecule is CCCCCOc1ccccc1C(=O)NC(=S)Nc1ccc(C(=O)NCC)cc1. The highest BCUT2D eigenvalue weighted by molar-refractivity contribution is 7.80. The van der Waals surface area contributed by atoms with E-state index in [0.29, 0.717) is 35.7 Å². The third-order valence-electron chi connectivity index (χ3n) is 4.11. The quantitative estimate of drug-likeness (QED) is 0.425. The van der Waals surface area contributed by atoms with Gasteiger partial charge < -0.3 is 15.4 Å². The van der Waals surface area contributed by atoms with Gasteiger partial charge in [0.05, 0.1) is 12.2 Å². The summed E-state index contributed by atoms with van der Waals surface area (Å²) in [5, 5.41) is 8.52. The summed E-state index contributed by atoms with van der Waals surface area (Å²) in [5.41, 5.74) is 1.66. The van der Waals surface area contributed by atoms with Crippen LogP contribution in [0.15, 0.2) is 48.5 Å². The molecule has 6 nitrogen and oxygen atoms in total. The van der Waals surface area contributed by atoms with E-state index in [0.717, 1.165) is 19.3 Å². The van der Waals surface area contributed by atoms with Gasteiger partial charge in [-0.15, -0.1) is 0 Å². The molecule has 0 unspecified atom stereocenters. The van der Waals surface area contributed by atoms with Crippen molar-refractivity contribution < 1.29 is 14.3 Å². The summed E-state index contributed by atoms with van der Waals surface area (Å²) in [5.74, 6) is 0.0631. The Balaban J connectivity index is 1.94. The number of unbranched alkanes of at least 4 members (excludes halogenated alkanes) is 2. The predicted molar refractivity (Wildman–Crippen MR) is 120 cm³/mol. The molecule has 0 radical (unpaired) electrons. The van der Waals surface area contributed by atoms with Crippen molar-refractivity contribution in [2.45, 2.75) is 33.1 Å². The van der Waals surface area contributed by atoms with Gasteiger partial charge in [0.1, 0.15) is 5.75 Å². The van der Waals surface area contributed by atoms with Crippen LogP contribution in [0.4, 0.5) is 5.69 Å². The molecule has 0 aliphatic carbocycles. The standard InChI is InChI=1S/C22H27N3O3S/c1-3-5-8-15-28-19-10-7-6-9-18(19)21(27)25-22(29)24-17-13-11-16(12-14-17)20(26)23-4-2/h6-7,9-14H,3-5,8,15H2,1-2H3,(H,23,26)(H2,24,25,27,29). The number of rotatable bonds is 9. The number of hydrogen-bond acceptors (Lipinski definition) is 4. The summed E-state index contributed by atoms with van der Waals surface area (Å²) in [6.07, 6.45) is 3.13. The molecule has 0 spiro atoms. The van der Waals surface area contributed by atoms with E-state index in [1.807, 2.05) is 13.0 Å². The molecule has 29 heavy (non-hydrogen) atoms. The van der Waals surface area contributed by atoms with Crippen LogP contribution in [0.5, 0.6) is 5.75 Å². The van der Waals surface area contributed by atoms with E-state index in [9.17, 15) is 9.59 Å². The van der Waals surface area contributed by atoms with Gasteiger partial charge in [0.25, 0.3) is 11.8 Å². The second kappa shape index (κ2) is 11.8. The second-order valence-electron chi connectivity index (χ2n) is 6.40. The Hall–Kier alpha value is -2.93. The van der Waals surface area contributed by atoms with Crippen LogP contribution in [0.2, 0.25) is 0 Å². The summed E-state index contributed by atoms with van der Waals surface area (Å²) in [4.78, 5) is 24.4. The topological polar surface area (TPSA) is 79.5 Å². The zero-order valence-electron chi connectivity index (χ0n) is 16.8. The molecule has 3 N–H and O–H groups in total. The first-order valence-corrected chi connectivity index (χ1v) is 10.2. The van der Waals surface area contributed by atoms with Crippen LogP contribution in [0.25, 0.3) is 0 Å². The molecule has 0 saturated heterocycles. The fraction of sp³-hybridized carbons (Fsp3) is 0.318. The van der Waals surface area contributed by atoms with Crippen molar-refractivity contribution >= 4 is 34.8 Å². The van der Waals surface area contributed by atoms with Crippen LogP contribution in [0, 0.1) is 0 Å². The molecule has 7 heteroatoms. The number of para-hydroxylation sites is 1. The van der Waals surface area contributed by atoms with Crippen LogP contribution >= 0.6 is 12.2 Å². The van der Waals surface area contributed by atoms with E-state index < -0.39 is 0 Å². The molecule has 0 aliphatic rings. The number of amides is 2. The molecule has 0 fully saturated rings. The first-order chi connectivity index (χ1) is 14.0. The number of hydrogen-bond donors (Lipinski definition) is 3. The van der Waals surface area contributed by atoms with Crippen LogP contribution in [-0.4, -0.2) is 30.1 Å². The minimum atomic E-state index is -0.340. The summed E-state index contributed by atoms with van der Waals surface area (Å²) in [6, 6.07) is 13.9. The molecule has 0 aromatic heterocycles. The Kier molecular flexibility index (Phi) is 9.11. The van der Waals surface area contributed by atoms with E-state index in [4.69, 9.17) is 17.0 Å². The number of ether oxygens (including phenoxy) is 1. The van der Waals surface area contributed by atoms with E-state index >= 15 is 0 Å².